The number of ether oxygens (including phenoxy) is 1. The van der Waals surface area contributed by atoms with Gasteiger partial charge in [0, 0.05) is 24.3 Å². The molecule has 0 spiro atoms. The van der Waals surface area contributed by atoms with E-state index < -0.39 is 9.84 Å². The molecule has 1 N–H and O–H groups in total. The molecule has 2 amide bonds. The maximum Gasteiger partial charge on any atom is 0.322 e. The topological polar surface area (TPSA) is 75.7 Å². The first-order chi connectivity index (χ1) is 9.95. The minimum absolute atomic E-state index is 0.0480. The van der Waals surface area contributed by atoms with Crippen LogP contribution in [-0.2, 0) is 9.84 Å². The Balaban J connectivity index is 2.06. The summed E-state index contributed by atoms with van der Waals surface area (Å²) in [5.74, 6) is 0.853. The zero-order valence-corrected chi connectivity index (χ0v) is 13.0. The molecule has 1 aromatic rings. The number of benzene rings is 1. The summed E-state index contributed by atoms with van der Waals surface area (Å²) in [4.78, 5) is 13.9. The molecule has 1 fully saturated rings. The summed E-state index contributed by atoms with van der Waals surface area (Å²) in [5, 5.41) is 2.78. The molecule has 2 rings (SSSR count). The van der Waals surface area contributed by atoms with Crippen molar-refractivity contribution in [2.75, 3.05) is 30.5 Å². The summed E-state index contributed by atoms with van der Waals surface area (Å²) in [6.45, 7) is 2.31. The van der Waals surface area contributed by atoms with Gasteiger partial charge in [-0.2, -0.15) is 0 Å². The molecule has 6 nitrogen and oxygen atoms in total. The molecule has 1 unspecified atom stereocenters. The minimum Gasteiger partial charge on any atom is -0.497 e. The van der Waals surface area contributed by atoms with Crippen LogP contribution >= 0.6 is 0 Å². The van der Waals surface area contributed by atoms with Gasteiger partial charge in [-0.1, -0.05) is 6.07 Å². The first-order valence-corrected chi connectivity index (χ1v) is 8.69. The number of sulfone groups is 1. The number of urea groups is 1. The number of carbonyl (C=O) groups excluding carboxylic acids is 1. The Kier molecular flexibility index (Phi) is 4.72. The first-order valence-electron chi connectivity index (χ1n) is 6.87. The average Bonchev–Trinajstić information content (AvgIpc) is 2.80. The number of amides is 2. The molecule has 116 valence electrons. The number of nitrogens with one attached hydrogen (secondary N) is 1. The molecule has 0 aromatic heterocycles. The average molecular weight is 312 g/mol. The van der Waals surface area contributed by atoms with Gasteiger partial charge in [-0.05, 0) is 25.5 Å². The second-order valence-electron chi connectivity index (χ2n) is 5.00. The van der Waals surface area contributed by atoms with Crippen molar-refractivity contribution in [3.63, 3.8) is 0 Å². The van der Waals surface area contributed by atoms with Crippen molar-refractivity contribution in [2.24, 2.45) is 0 Å². The highest BCUT2D eigenvalue weighted by molar-refractivity contribution is 7.91. The van der Waals surface area contributed by atoms with Crippen LogP contribution in [0.15, 0.2) is 24.3 Å². The quantitative estimate of drug-likeness (QED) is 0.919. The van der Waals surface area contributed by atoms with Gasteiger partial charge >= 0.3 is 6.03 Å². The largest absolute Gasteiger partial charge is 0.497 e. The second-order valence-corrected chi connectivity index (χ2v) is 7.23. The molecule has 1 aromatic carbocycles. The smallest absolute Gasteiger partial charge is 0.322 e. The summed E-state index contributed by atoms with van der Waals surface area (Å²) >= 11 is 0. The third-order valence-corrected chi connectivity index (χ3v) is 5.32. The Morgan fingerprint density at radius 2 is 2.24 bits per heavy atom. The van der Waals surface area contributed by atoms with Crippen LogP contribution in [0, 0.1) is 0 Å². The monoisotopic (exact) mass is 312 g/mol. The normalized spacial score (nSPS) is 20.0. The van der Waals surface area contributed by atoms with Crippen LogP contribution in [0.25, 0.3) is 0 Å². The third kappa shape index (κ3) is 3.87. The van der Waals surface area contributed by atoms with Gasteiger partial charge < -0.3 is 15.0 Å². The van der Waals surface area contributed by atoms with E-state index in [1.807, 2.05) is 6.92 Å². The molecule has 1 saturated heterocycles. The van der Waals surface area contributed by atoms with Gasteiger partial charge in [0.1, 0.15) is 5.75 Å². The van der Waals surface area contributed by atoms with Crippen molar-refractivity contribution in [1.29, 1.82) is 0 Å². The SMILES string of the molecule is CCN(C(=O)Nc1cccc(OC)c1)C1CCS(=O)(=O)C1. The highest BCUT2D eigenvalue weighted by atomic mass is 32.2. The first kappa shape index (κ1) is 15.6. The second kappa shape index (κ2) is 6.34. The molecule has 1 heterocycles. The molecule has 0 saturated carbocycles. The van der Waals surface area contributed by atoms with E-state index in [1.54, 1.807) is 36.3 Å². The van der Waals surface area contributed by atoms with E-state index in [0.29, 0.717) is 24.4 Å². The number of anilines is 1. The molecule has 0 aliphatic carbocycles. The van der Waals surface area contributed by atoms with E-state index in [1.165, 1.54) is 0 Å². The van der Waals surface area contributed by atoms with Crippen LogP contribution in [-0.4, -0.2) is 50.6 Å². The summed E-state index contributed by atoms with van der Waals surface area (Å²) in [7, 11) is -1.45. The number of methoxy groups -OCH3 is 1. The van der Waals surface area contributed by atoms with E-state index in [0.717, 1.165) is 0 Å². The van der Waals surface area contributed by atoms with E-state index in [9.17, 15) is 13.2 Å². The maximum absolute atomic E-state index is 12.3. The fourth-order valence-electron chi connectivity index (χ4n) is 2.48. The van der Waals surface area contributed by atoms with Crippen LogP contribution in [0.1, 0.15) is 13.3 Å². The molecule has 0 bridgehead atoms. The molecule has 7 heteroatoms. The minimum atomic E-state index is -3.01. The lowest BCUT2D eigenvalue weighted by molar-refractivity contribution is 0.197. The zero-order valence-electron chi connectivity index (χ0n) is 12.2. The van der Waals surface area contributed by atoms with Gasteiger partial charge in [0.15, 0.2) is 9.84 Å². The number of nitrogens with zero attached hydrogens (tertiary/aromatic N) is 1. The van der Waals surface area contributed by atoms with Crippen molar-refractivity contribution in [3.05, 3.63) is 24.3 Å². The summed E-state index contributed by atoms with van der Waals surface area (Å²) in [6, 6.07) is 6.52. The van der Waals surface area contributed by atoms with E-state index in [2.05, 4.69) is 5.32 Å². The Morgan fingerprint density at radius 3 is 2.81 bits per heavy atom. The highest BCUT2D eigenvalue weighted by Crippen LogP contribution is 2.20. The lowest BCUT2D eigenvalue weighted by Crippen LogP contribution is -2.43. The van der Waals surface area contributed by atoms with Crippen molar-refractivity contribution < 1.29 is 17.9 Å². The summed E-state index contributed by atoms with van der Waals surface area (Å²) < 4.78 is 28.2. The van der Waals surface area contributed by atoms with E-state index in [4.69, 9.17) is 4.74 Å². The van der Waals surface area contributed by atoms with Crippen LogP contribution < -0.4 is 10.1 Å². The van der Waals surface area contributed by atoms with Gasteiger partial charge in [-0.3, -0.25) is 0 Å². The molecule has 1 atom stereocenters. The van der Waals surface area contributed by atoms with Gasteiger partial charge in [0.05, 0.1) is 18.6 Å². The van der Waals surface area contributed by atoms with Gasteiger partial charge in [-0.25, -0.2) is 13.2 Å². The molecular weight excluding hydrogens is 292 g/mol. The van der Waals surface area contributed by atoms with Crippen molar-refractivity contribution >= 4 is 21.6 Å². The summed E-state index contributed by atoms with van der Waals surface area (Å²) in [5.41, 5.74) is 0.624. The lowest BCUT2D eigenvalue weighted by atomic mass is 10.2. The molecule has 1 aliphatic rings. The fourth-order valence-corrected chi connectivity index (χ4v) is 4.22. The fraction of sp³-hybridized carbons (Fsp3) is 0.500. The standard InChI is InChI=1S/C14H20N2O4S/c1-3-16(12-7-8-21(18,19)10-12)14(17)15-11-5-4-6-13(9-11)20-2/h4-6,9,12H,3,7-8,10H2,1-2H3,(H,15,17). The Hall–Kier alpha value is -1.76. The number of rotatable bonds is 4. The Bertz CT molecular complexity index is 615. The van der Waals surface area contributed by atoms with Gasteiger partial charge in [-0.15, -0.1) is 0 Å². The van der Waals surface area contributed by atoms with Gasteiger partial charge in [0.2, 0.25) is 0 Å². The van der Waals surface area contributed by atoms with E-state index >= 15 is 0 Å². The number of carbonyl (C=O) groups is 1. The summed E-state index contributed by atoms with van der Waals surface area (Å²) in [6.07, 6.45) is 0.502. The number of hydrogen-bond acceptors (Lipinski definition) is 4. The molecule has 21 heavy (non-hydrogen) atoms. The highest BCUT2D eigenvalue weighted by Gasteiger charge is 2.33. The predicted molar refractivity (Wildman–Crippen MR) is 81.5 cm³/mol. The number of hydrogen-bond donors (Lipinski definition) is 1. The molecule has 0 radical (unpaired) electrons. The Labute approximate surface area is 125 Å². The molecule has 1 aliphatic heterocycles. The lowest BCUT2D eigenvalue weighted by Gasteiger charge is -2.27. The predicted octanol–water partition coefficient (Wildman–Crippen LogP) is 1.74. The molecular formula is C14H20N2O4S. The third-order valence-electron chi connectivity index (χ3n) is 3.57. The van der Waals surface area contributed by atoms with Crippen LogP contribution in [0.4, 0.5) is 10.5 Å². The van der Waals surface area contributed by atoms with E-state index in [-0.39, 0.29) is 23.6 Å². The Morgan fingerprint density at radius 1 is 1.48 bits per heavy atom. The zero-order chi connectivity index (χ0) is 15.5. The van der Waals surface area contributed by atoms with Crippen LogP contribution in [0.3, 0.4) is 0 Å². The van der Waals surface area contributed by atoms with Gasteiger partial charge in [0.25, 0.3) is 0 Å². The van der Waals surface area contributed by atoms with Crippen LogP contribution in [0.5, 0.6) is 5.75 Å². The van der Waals surface area contributed by atoms with Crippen molar-refractivity contribution in [1.82, 2.24) is 4.90 Å². The maximum atomic E-state index is 12.3. The van der Waals surface area contributed by atoms with Crippen molar-refractivity contribution in [3.8, 4) is 5.75 Å². The van der Waals surface area contributed by atoms with Crippen molar-refractivity contribution in [2.45, 2.75) is 19.4 Å². The van der Waals surface area contributed by atoms with Crippen LogP contribution in [0.2, 0.25) is 0 Å².